The number of halogens is 3. The van der Waals surface area contributed by atoms with E-state index >= 15 is 0 Å². The normalized spacial score (nSPS) is 9.90. The Labute approximate surface area is 60.9 Å². The zero-order valence-corrected chi connectivity index (χ0v) is 5.57. The second kappa shape index (κ2) is 2.88. The molecule has 0 aliphatic heterocycles. The van der Waals surface area contributed by atoms with Crippen LogP contribution in [0.15, 0.2) is 6.20 Å². The Bertz CT molecular complexity index is 241. The highest BCUT2D eigenvalue weighted by molar-refractivity contribution is 6.17. The number of rotatable bonds is 1. The molecule has 54 valence electrons. The molecule has 1 aromatic heterocycles. The number of hydrogen-bond acceptors (Lipinski definition) is 2. The number of hydrogen-bond donors (Lipinski definition) is 0. The van der Waals surface area contributed by atoms with Crippen molar-refractivity contribution in [2.75, 3.05) is 0 Å². The minimum Gasteiger partial charge on any atom is -0.210 e. The second-order valence-electron chi connectivity index (χ2n) is 1.59. The van der Waals surface area contributed by atoms with Gasteiger partial charge in [0.15, 0.2) is 0 Å². The third kappa shape index (κ3) is 1.39. The zero-order valence-electron chi connectivity index (χ0n) is 4.81. The van der Waals surface area contributed by atoms with E-state index in [-0.39, 0.29) is 11.4 Å². The molecule has 1 rings (SSSR count). The first-order valence-corrected chi connectivity index (χ1v) is 3.00. The van der Waals surface area contributed by atoms with Crippen LogP contribution in [0.2, 0.25) is 0 Å². The van der Waals surface area contributed by atoms with E-state index in [1.807, 2.05) is 0 Å². The van der Waals surface area contributed by atoms with E-state index in [9.17, 15) is 8.78 Å². The van der Waals surface area contributed by atoms with Crippen LogP contribution < -0.4 is 0 Å². The van der Waals surface area contributed by atoms with Crippen LogP contribution in [0.1, 0.15) is 5.56 Å². The van der Waals surface area contributed by atoms with Gasteiger partial charge in [-0.2, -0.15) is 13.8 Å². The van der Waals surface area contributed by atoms with Crippen molar-refractivity contribution in [1.82, 2.24) is 9.97 Å². The third-order valence-corrected chi connectivity index (χ3v) is 1.21. The molecule has 0 radical (unpaired) electrons. The standard InChI is InChI=1S/C5H3ClF2N2/c6-1-3-2-9-5(8)10-4(3)7/h2H,1H2. The molecule has 0 bridgehead atoms. The highest BCUT2D eigenvalue weighted by Crippen LogP contribution is 2.05. The Kier molecular flexibility index (Phi) is 2.11. The first-order chi connectivity index (χ1) is 4.74. The summed E-state index contributed by atoms with van der Waals surface area (Å²) in [5.74, 6) is -0.950. The summed E-state index contributed by atoms with van der Waals surface area (Å²) in [5.41, 5.74) is 0.100. The summed E-state index contributed by atoms with van der Waals surface area (Å²) in [6.07, 6.45) is -0.0589. The van der Waals surface area contributed by atoms with Crippen LogP contribution in [0.4, 0.5) is 8.78 Å². The van der Waals surface area contributed by atoms with E-state index in [2.05, 4.69) is 9.97 Å². The molecule has 0 aromatic carbocycles. The predicted molar refractivity (Wildman–Crippen MR) is 31.5 cm³/mol. The minimum absolute atomic E-state index is 0.0495. The van der Waals surface area contributed by atoms with E-state index in [1.165, 1.54) is 0 Å². The van der Waals surface area contributed by atoms with Crippen LogP contribution >= 0.6 is 11.6 Å². The van der Waals surface area contributed by atoms with Crippen molar-refractivity contribution in [3.63, 3.8) is 0 Å². The molecule has 2 nitrogen and oxygen atoms in total. The van der Waals surface area contributed by atoms with Crippen molar-refractivity contribution in [2.45, 2.75) is 5.88 Å². The Morgan fingerprint density at radius 1 is 1.50 bits per heavy atom. The van der Waals surface area contributed by atoms with Crippen LogP contribution in [-0.4, -0.2) is 9.97 Å². The minimum atomic E-state index is -1.08. The molecule has 10 heavy (non-hydrogen) atoms. The molecule has 1 aromatic rings. The quantitative estimate of drug-likeness (QED) is 0.357. The summed E-state index contributed by atoms with van der Waals surface area (Å²) in [5, 5.41) is 0. The fraction of sp³-hybridized carbons (Fsp3) is 0.200. The van der Waals surface area contributed by atoms with Crippen molar-refractivity contribution in [1.29, 1.82) is 0 Å². The first kappa shape index (κ1) is 7.34. The number of alkyl halides is 1. The molecule has 0 atom stereocenters. The Morgan fingerprint density at radius 2 is 2.20 bits per heavy atom. The summed E-state index contributed by atoms with van der Waals surface area (Å²) in [6, 6.07) is 0. The molecule has 0 aliphatic rings. The molecule has 0 spiro atoms. The van der Waals surface area contributed by atoms with Gasteiger partial charge < -0.3 is 0 Å². The summed E-state index contributed by atoms with van der Waals surface area (Å²) in [7, 11) is 0. The molecule has 0 saturated heterocycles. The van der Waals surface area contributed by atoms with Gasteiger partial charge in [0.1, 0.15) is 0 Å². The van der Waals surface area contributed by atoms with Crippen LogP contribution in [0.5, 0.6) is 0 Å². The van der Waals surface area contributed by atoms with Crippen LogP contribution in [0.3, 0.4) is 0 Å². The molecule has 0 fully saturated rings. The topological polar surface area (TPSA) is 25.8 Å². The molecular formula is C5H3ClF2N2. The average Bonchev–Trinajstić information content (AvgIpc) is 1.88. The smallest absolute Gasteiger partial charge is 0.210 e. The molecule has 0 amide bonds. The van der Waals surface area contributed by atoms with Crippen LogP contribution in [-0.2, 0) is 5.88 Å². The van der Waals surface area contributed by atoms with Gasteiger partial charge in [-0.25, -0.2) is 4.98 Å². The Balaban J connectivity index is 3.07. The average molecular weight is 165 g/mol. The summed E-state index contributed by atoms with van der Waals surface area (Å²) >= 11 is 5.24. The maximum absolute atomic E-state index is 12.4. The first-order valence-electron chi connectivity index (χ1n) is 2.47. The molecule has 0 saturated carbocycles. The van der Waals surface area contributed by atoms with Crippen molar-refractivity contribution < 1.29 is 8.78 Å². The highest BCUT2D eigenvalue weighted by atomic mass is 35.5. The van der Waals surface area contributed by atoms with Gasteiger partial charge in [-0.15, -0.1) is 11.6 Å². The van der Waals surface area contributed by atoms with E-state index in [0.717, 1.165) is 6.20 Å². The zero-order chi connectivity index (χ0) is 7.56. The summed E-state index contributed by atoms with van der Waals surface area (Å²) in [6.45, 7) is 0. The van der Waals surface area contributed by atoms with Crippen molar-refractivity contribution in [2.24, 2.45) is 0 Å². The van der Waals surface area contributed by atoms with Gasteiger partial charge in [0.2, 0.25) is 5.95 Å². The third-order valence-electron chi connectivity index (χ3n) is 0.926. The lowest BCUT2D eigenvalue weighted by molar-refractivity contribution is 0.476. The molecule has 0 aliphatic carbocycles. The molecule has 0 N–H and O–H groups in total. The van der Waals surface area contributed by atoms with Gasteiger partial charge >= 0.3 is 6.08 Å². The lowest BCUT2D eigenvalue weighted by Crippen LogP contribution is -1.96. The molecule has 0 unspecified atom stereocenters. The van der Waals surface area contributed by atoms with Crippen LogP contribution in [0.25, 0.3) is 0 Å². The van der Waals surface area contributed by atoms with Gasteiger partial charge in [-0.1, -0.05) is 0 Å². The highest BCUT2D eigenvalue weighted by Gasteiger charge is 2.03. The lowest BCUT2D eigenvalue weighted by atomic mass is 10.4. The summed E-state index contributed by atoms with van der Waals surface area (Å²) in [4.78, 5) is 5.92. The van der Waals surface area contributed by atoms with Crippen molar-refractivity contribution in [3.8, 4) is 0 Å². The molecular weight excluding hydrogens is 162 g/mol. The van der Waals surface area contributed by atoms with Gasteiger partial charge in [0.05, 0.1) is 5.88 Å². The molecule has 5 heteroatoms. The SMILES string of the molecule is Fc1ncc(CCl)c(F)n1. The van der Waals surface area contributed by atoms with Gasteiger partial charge in [-0.3, -0.25) is 0 Å². The molecule has 1 heterocycles. The monoisotopic (exact) mass is 164 g/mol. The van der Waals surface area contributed by atoms with Gasteiger partial charge in [0.25, 0.3) is 0 Å². The number of aromatic nitrogens is 2. The number of nitrogens with zero attached hydrogens (tertiary/aromatic N) is 2. The largest absolute Gasteiger partial charge is 0.311 e. The van der Waals surface area contributed by atoms with E-state index in [1.54, 1.807) is 0 Å². The summed E-state index contributed by atoms with van der Waals surface area (Å²) < 4.78 is 24.4. The maximum atomic E-state index is 12.4. The van der Waals surface area contributed by atoms with Crippen molar-refractivity contribution in [3.05, 3.63) is 23.8 Å². The Morgan fingerprint density at radius 3 is 2.70 bits per heavy atom. The van der Waals surface area contributed by atoms with Crippen molar-refractivity contribution >= 4 is 11.6 Å². The van der Waals surface area contributed by atoms with Crippen LogP contribution in [0, 0.1) is 12.0 Å². The Hall–Kier alpha value is -0.770. The lowest BCUT2D eigenvalue weighted by Gasteiger charge is -1.93. The van der Waals surface area contributed by atoms with E-state index in [4.69, 9.17) is 11.6 Å². The van der Waals surface area contributed by atoms with E-state index < -0.39 is 12.0 Å². The van der Waals surface area contributed by atoms with Gasteiger partial charge in [0, 0.05) is 11.8 Å². The van der Waals surface area contributed by atoms with E-state index in [0.29, 0.717) is 0 Å². The fourth-order valence-electron chi connectivity index (χ4n) is 0.456. The fourth-order valence-corrected chi connectivity index (χ4v) is 0.635. The van der Waals surface area contributed by atoms with Gasteiger partial charge in [-0.05, 0) is 0 Å². The second-order valence-corrected chi connectivity index (χ2v) is 1.86. The predicted octanol–water partition coefficient (Wildman–Crippen LogP) is 1.49. The maximum Gasteiger partial charge on any atom is 0.311 e.